The van der Waals surface area contributed by atoms with E-state index < -0.39 is 6.10 Å². The maximum Gasteiger partial charge on any atom is 0.133 e. The van der Waals surface area contributed by atoms with Crippen molar-refractivity contribution in [2.24, 2.45) is 0 Å². The van der Waals surface area contributed by atoms with Crippen LogP contribution in [-0.2, 0) is 6.42 Å². The predicted molar refractivity (Wildman–Crippen MR) is 81.7 cm³/mol. The van der Waals surface area contributed by atoms with Gasteiger partial charge in [0.1, 0.15) is 23.7 Å². The van der Waals surface area contributed by atoms with Crippen LogP contribution in [0.15, 0.2) is 48.5 Å². The van der Waals surface area contributed by atoms with E-state index in [1.54, 1.807) is 0 Å². The summed E-state index contributed by atoms with van der Waals surface area (Å²) in [5.41, 5.74) is 2.00. The van der Waals surface area contributed by atoms with Crippen LogP contribution < -0.4 is 9.47 Å². The van der Waals surface area contributed by atoms with E-state index >= 15 is 0 Å². The van der Waals surface area contributed by atoms with E-state index in [1.165, 1.54) is 0 Å². The van der Waals surface area contributed by atoms with Crippen LogP contribution in [0.5, 0.6) is 11.5 Å². The number of aliphatic hydroxyl groups is 1. The van der Waals surface area contributed by atoms with Crippen molar-refractivity contribution in [3.8, 4) is 11.5 Å². The van der Waals surface area contributed by atoms with Gasteiger partial charge in [-0.05, 0) is 43.2 Å². The zero-order valence-electron chi connectivity index (χ0n) is 12.3. The average molecular weight is 284 g/mol. The molecule has 3 rings (SSSR count). The Bertz CT molecular complexity index is 579. The van der Waals surface area contributed by atoms with Gasteiger partial charge in [-0.25, -0.2) is 0 Å². The molecule has 0 amide bonds. The summed E-state index contributed by atoms with van der Waals surface area (Å²) in [6.45, 7) is 3.98. The van der Waals surface area contributed by atoms with Crippen LogP contribution in [0.2, 0.25) is 0 Å². The molecule has 0 bridgehead atoms. The van der Waals surface area contributed by atoms with Crippen LogP contribution in [0, 0.1) is 0 Å². The highest BCUT2D eigenvalue weighted by Crippen LogP contribution is 2.34. The summed E-state index contributed by atoms with van der Waals surface area (Å²) in [5.74, 6) is 1.69. The van der Waals surface area contributed by atoms with E-state index in [9.17, 15) is 5.11 Å². The molecular formula is C18H20O3. The average Bonchev–Trinajstić information content (AvgIpc) is 2.90. The third-order valence-electron chi connectivity index (χ3n) is 3.62. The van der Waals surface area contributed by atoms with Crippen molar-refractivity contribution in [3.63, 3.8) is 0 Å². The Morgan fingerprint density at radius 2 is 1.81 bits per heavy atom. The lowest BCUT2D eigenvalue weighted by atomic mass is 10.0. The number of rotatable bonds is 4. The van der Waals surface area contributed by atoms with Crippen molar-refractivity contribution in [3.05, 3.63) is 59.7 Å². The maximum absolute atomic E-state index is 10.5. The first kappa shape index (κ1) is 14.0. The third kappa shape index (κ3) is 3.03. The molecule has 0 saturated heterocycles. The summed E-state index contributed by atoms with van der Waals surface area (Å²) in [4.78, 5) is 0. The fourth-order valence-corrected chi connectivity index (χ4v) is 2.62. The summed E-state index contributed by atoms with van der Waals surface area (Å²) in [7, 11) is 0. The molecule has 2 unspecified atom stereocenters. The normalized spacial score (nSPS) is 18.2. The first-order valence-corrected chi connectivity index (χ1v) is 7.33. The van der Waals surface area contributed by atoms with E-state index in [1.807, 2.05) is 62.4 Å². The third-order valence-corrected chi connectivity index (χ3v) is 3.62. The highest BCUT2D eigenvalue weighted by molar-refractivity contribution is 5.38. The number of ether oxygens (including phenoxy) is 2. The van der Waals surface area contributed by atoms with Crippen molar-refractivity contribution in [2.75, 3.05) is 0 Å². The Balaban J connectivity index is 1.70. The van der Waals surface area contributed by atoms with Crippen molar-refractivity contribution in [1.82, 2.24) is 0 Å². The smallest absolute Gasteiger partial charge is 0.133 e. The van der Waals surface area contributed by atoms with Gasteiger partial charge in [-0.3, -0.25) is 0 Å². The Morgan fingerprint density at radius 3 is 2.48 bits per heavy atom. The van der Waals surface area contributed by atoms with Crippen LogP contribution in [-0.4, -0.2) is 17.3 Å². The number of aliphatic hydroxyl groups excluding tert-OH is 1. The number of fused-ring (bicyclic) bond motifs is 1. The Labute approximate surface area is 125 Å². The van der Waals surface area contributed by atoms with Crippen LogP contribution in [0.1, 0.15) is 31.1 Å². The molecule has 3 nitrogen and oxygen atoms in total. The van der Waals surface area contributed by atoms with E-state index in [0.29, 0.717) is 0 Å². The molecule has 0 aliphatic carbocycles. The number of hydrogen-bond acceptors (Lipinski definition) is 3. The molecule has 0 saturated carbocycles. The highest BCUT2D eigenvalue weighted by atomic mass is 16.5. The first-order chi connectivity index (χ1) is 10.1. The van der Waals surface area contributed by atoms with Crippen molar-refractivity contribution < 1.29 is 14.6 Å². The number of para-hydroxylation sites is 1. The molecular weight excluding hydrogens is 264 g/mol. The van der Waals surface area contributed by atoms with E-state index in [0.717, 1.165) is 29.0 Å². The summed E-state index contributed by atoms with van der Waals surface area (Å²) in [6.07, 6.45) is 0.0277. The minimum Gasteiger partial charge on any atom is -0.491 e. The molecule has 1 heterocycles. The SMILES string of the molecule is CC(C)Oc1ccc(C(O)C2Cc3ccccc3O2)cc1. The molecule has 0 spiro atoms. The number of hydrogen-bond donors (Lipinski definition) is 1. The fourth-order valence-electron chi connectivity index (χ4n) is 2.62. The van der Waals surface area contributed by atoms with Gasteiger partial charge in [0.15, 0.2) is 0 Å². The van der Waals surface area contributed by atoms with Crippen LogP contribution in [0.3, 0.4) is 0 Å². The van der Waals surface area contributed by atoms with Gasteiger partial charge in [0.25, 0.3) is 0 Å². The molecule has 2 atom stereocenters. The topological polar surface area (TPSA) is 38.7 Å². The largest absolute Gasteiger partial charge is 0.491 e. The van der Waals surface area contributed by atoms with Gasteiger partial charge in [0.2, 0.25) is 0 Å². The van der Waals surface area contributed by atoms with Crippen LogP contribution in [0.4, 0.5) is 0 Å². The second-order valence-electron chi connectivity index (χ2n) is 5.65. The zero-order valence-corrected chi connectivity index (χ0v) is 12.3. The van der Waals surface area contributed by atoms with Gasteiger partial charge in [0.05, 0.1) is 6.10 Å². The molecule has 0 fully saturated rings. The van der Waals surface area contributed by atoms with Gasteiger partial charge >= 0.3 is 0 Å². The van der Waals surface area contributed by atoms with E-state index in [4.69, 9.17) is 9.47 Å². The molecule has 2 aromatic rings. The quantitative estimate of drug-likeness (QED) is 0.933. The molecule has 2 aromatic carbocycles. The summed E-state index contributed by atoms with van der Waals surface area (Å²) >= 11 is 0. The Hall–Kier alpha value is -2.00. The summed E-state index contributed by atoms with van der Waals surface area (Å²) < 4.78 is 11.4. The first-order valence-electron chi connectivity index (χ1n) is 7.33. The fraction of sp³-hybridized carbons (Fsp3) is 0.333. The Kier molecular flexibility index (Phi) is 3.84. The lowest BCUT2D eigenvalue weighted by molar-refractivity contribution is 0.0491. The predicted octanol–water partition coefficient (Wildman–Crippen LogP) is 3.51. The van der Waals surface area contributed by atoms with Crippen molar-refractivity contribution >= 4 is 0 Å². The molecule has 110 valence electrons. The van der Waals surface area contributed by atoms with E-state index in [2.05, 4.69) is 0 Å². The van der Waals surface area contributed by atoms with Gasteiger partial charge in [0, 0.05) is 6.42 Å². The van der Waals surface area contributed by atoms with Gasteiger partial charge in [-0.15, -0.1) is 0 Å². The van der Waals surface area contributed by atoms with E-state index in [-0.39, 0.29) is 12.2 Å². The Morgan fingerprint density at radius 1 is 1.10 bits per heavy atom. The minimum absolute atomic E-state index is 0.147. The van der Waals surface area contributed by atoms with Crippen LogP contribution in [0.25, 0.3) is 0 Å². The maximum atomic E-state index is 10.5. The molecule has 1 aliphatic heterocycles. The van der Waals surface area contributed by atoms with Gasteiger partial charge in [-0.2, -0.15) is 0 Å². The summed E-state index contributed by atoms with van der Waals surface area (Å²) in [6, 6.07) is 15.5. The molecule has 3 heteroatoms. The van der Waals surface area contributed by atoms with Crippen molar-refractivity contribution in [2.45, 2.75) is 38.6 Å². The minimum atomic E-state index is -0.634. The van der Waals surface area contributed by atoms with Gasteiger partial charge in [-0.1, -0.05) is 30.3 Å². The lowest BCUT2D eigenvalue weighted by Gasteiger charge is -2.19. The molecule has 1 N–H and O–H groups in total. The number of benzene rings is 2. The zero-order chi connectivity index (χ0) is 14.8. The highest BCUT2D eigenvalue weighted by Gasteiger charge is 2.29. The lowest BCUT2D eigenvalue weighted by Crippen LogP contribution is -2.23. The molecule has 0 aromatic heterocycles. The monoisotopic (exact) mass is 284 g/mol. The second-order valence-corrected chi connectivity index (χ2v) is 5.65. The second kappa shape index (κ2) is 5.78. The summed E-state index contributed by atoms with van der Waals surface area (Å²) in [5, 5.41) is 10.5. The standard InChI is InChI=1S/C18H20O3/c1-12(2)20-15-9-7-13(8-10-15)18(19)17-11-14-5-3-4-6-16(14)21-17/h3-10,12,17-19H,11H2,1-2H3. The molecule has 1 aliphatic rings. The molecule has 0 radical (unpaired) electrons. The van der Waals surface area contributed by atoms with Crippen molar-refractivity contribution in [1.29, 1.82) is 0 Å². The van der Waals surface area contributed by atoms with Crippen LogP contribution >= 0.6 is 0 Å². The van der Waals surface area contributed by atoms with Gasteiger partial charge < -0.3 is 14.6 Å². The molecule has 21 heavy (non-hydrogen) atoms.